The molecule has 0 radical (unpaired) electrons. The Kier molecular flexibility index (Phi) is 3.93. The van der Waals surface area contributed by atoms with Crippen molar-refractivity contribution >= 4 is 44.7 Å². The highest BCUT2D eigenvalue weighted by molar-refractivity contribution is 9.10. The average molecular weight is 329 g/mol. The van der Waals surface area contributed by atoms with Gasteiger partial charge in [0.25, 0.3) is 0 Å². The minimum Gasteiger partial charge on any atom is -0.497 e. The van der Waals surface area contributed by atoms with Gasteiger partial charge >= 0.3 is 0 Å². The molecule has 1 aromatic heterocycles. The maximum Gasteiger partial charge on any atom is 0.134 e. The summed E-state index contributed by atoms with van der Waals surface area (Å²) in [5.41, 5.74) is 7.08. The third kappa shape index (κ3) is 3.05. The van der Waals surface area contributed by atoms with Gasteiger partial charge in [0.2, 0.25) is 0 Å². The molecule has 6 heteroatoms. The Hall–Kier alpha value is -1.46. The Balaban J connectivity index is 2.33. The van der Waals surface area contributed by atoms with Crippen molar-refractivity contribution in [3.05, 3.63) is 40.0 Å². The molecule has 0 aliphatic carbocycles. The third-order valence-electron chi connectivity index (χ3n) is 2.25. The molecular formula is C12H11BrClN3O. The first-order valence-corrected chi connectivity index (χ1v) is 6.29. The number of hydrogen-bond donors (Lipinski definition) is 2. The van der Waals surface area contributed by atoms with E-state index >= 15 is 0 Å². The van der Waals surface area contributed by atoms with Crippen LogP contribution in [0.15, 0.2) is 34.8 Å². The number of nitrogen functional groups attached to an aromatic ring is 1. The minimum absolute atomic E-state index is 0.344. The van der Waals surface area contributed by atoms with Crippen LogP contribution in [0.5, 0.6) is 5.75 Å². The van der Waals surface area contributed by atoms with E-state index in [1.807, 2.05) is 18.2 Å². The van der Waals surface area contributed by atoms with E-state index in [-0.39, 0.29) is 0 Å². The maximum atomic E-state index is 5.85. The van der Waals surface area contributed by atoms with Gasteiger partial charge in [-0.3, -0.25) is 0 Å². The van der Waals surface area contributed by atoms with Crippen LogP contribution in [0.1, 0.15) is 0 Å². The molecule has 0 amide bonds. The zero-order valence-corrected chi connectivity index (χ0v) is 11.9. The van der Waals surface area contributed by atoms with Crippen molar-refractivity contribution in [3.8, 4) is 5.75 Å². The number of pyridine rings is 1. The molecule has 94 valence electrons. The van der Waals surface area contributed by atoms with Crippen molar-refractivity contribution < 1.29 is 4.74 Å². The fraction of sp³-hybridized carbons (Fsp3) is 0.0833. The van der Waals surface area contributed by atoms with Crippen molar-refractivity contribution in [1.82, 2.24) is 4.98 Å². The molecule has 4 nitrogen and oxygen atoms in total. The normalized spacial score (nSPS) is 10.2. The Bertz CT molecular complexity index is 557. The van der Waals surface area contributed by atoms with Crippen LogP contribution in [0.4, 0.5) is 17.2 Å². The van der Waals surface area contributed by atoms with Gasteiger partial charge in [-0.1, -0.05) is 11.6 Å². The van der Waals surface area contributed by atoms with Crippen LogP contribution in [0, 0.1) is 0 Å². The first-order valence-electron chi connectivity index (χ1n) is 5.12. The second-order valence-electron chi connectivity index (χ2n) is 3.58. The Morgan fingerprint density at radius 1 is 1.33 bits per heavy atom. The first-order chi connectivity index (χ1) is 8.58. The molecule has 0 saturated carbocycles. The molecule has 0 aliphatic heterocycles. The van der Waals surface area contributed by atoms with Gasteiger partial charge in [-0.15, -0.1) is 0 Å². The maximum absolute atomic E-state index is 5.85. The molecule has 0 spiro atoms. The summed E-state index contributed by atoms with van der Waals surface area (Å²) >= 11 is 9.29. The van der Waals surface area contributed by atoms with E-state index in [9.17, 15) is 0 Å². The van der Waals surface area contributed by atoms with E-state index in [1.54, 1.807) is 19.2 Å². The SMILES string of the molecule is COc1ccc(Br)c(Nc2cc(N)cc(Cl)n2)c1. The molecule has 0 bridgehead atoms. The predicted octanol–water partition coefficient (Wildman–Crippen LogP) is 3.83. The van der Waals surface area contributed by atoms with Gasteiger partial charge in [0.05, 0.1) is 12.8 Å². The zero-order chi connectivity index (χ0) is 13.1. The number of nitrogens with one attached hydrogen (secondary N) is 1. The van der Waals surface area contributed by atoms with Crippen molar-refractivity contribution in [1.29, 1.82) is 0 Å². The van der Waals surface area contributed by atoms with E-state index in [2.05, 4.69) is 26.2 Å². The summed E-state index contributed by atoms with van der Waals surface area (Å²) in [5, 5.41) is 3.47. The molecule has 3 N–H and O–H groups in total. The lowest BCUT2D eigenvalue weighted by Crippen LogP contribution is -1.97. The van der Waals surface area contributed by atoms with Gasteiger partial charge in [-0.25, -0.2) is 4.98 Å². The quantitative estimate of drug-likeness (QED) is 0.841. The monoisotopic (exact) mass is 327 g/mol. The van der Waals surface area contributed by atoms with E-state index in [1.165, 1.54) is 0 Å². The van der Waals surface area contributed by atoms with Crippen molar-refractivity contribution in [2.75, 3.05) is 18.2 Å². The van der Waals surface area contributed by atoms with Gasteiger partial charge in [0.1, 0.15) is 16.7 Å². The number of benzene rings is 1. The van der Waals surface area contributed by atoms with Crippen molar-refractivity contribution in [3.63, 3.8) is 0 Å². The fourth-order valence-electron chi connectivity index (χ4n) is 1.45. The first kappa shape index (κ1) is 13.0. The van der Waals surface area contributed by atoms with E-state index in [4.69, 9.17) is 22.1 Å². The van der Waals surface area contributed by atoms with Crippen molar-refractivity contribution in [2.24, 2.45) is 0 Å². The predicted molar refractivity (Wildman–Crippen MR) is 77.6 cm³/mol. The largest absolute Gasteiger partial charge is 0.497 e. The fourth-order valence-corrected chi connectivity index (χ4v) is 2.01. The van der Waals surface area contributed by atoms with Crippen LogP contribution in [0.25, 0.3) is 0 Å². The van der Waals surface area contributed by atoms with Crippen molar-refractivity contribution in [2.45, 2.75) is 0 Å². The number of rotatable bonds is 3. The third-order valence-corrected chi connectivity index (χ3v) is 3.14. The van der Waals surface area contributed by atoms with Crippen LogP contribution in [0.3, 0.4) is 0 Å². The lowest BCUT2D eigenvalue weighted by Gasteiger charge is -2.10. The molecule has 2 aromatic rings. The zero-order valence-electron chi connectivity index (χ0n) is 9.58. The van der Waals surface area contributed by atoms with Crippen LogP contribution >= 0.6 is 27.5 Å². The number of halogens is 2. The van der Waals surface area contributed by atoms with E-state index in [0.717, 1.165) is 15.9 Å². The smallest absolute Gasteiger partial charge is 0.134 e. The molecule has 0 unspecified atom stereocenters. The molecule has 2 rings (SSSR count). The second kappa shape index (κ2) is 5.46. The molecule has 0 saturated heterocycles. The number of hydrogen-bond acceptors (Lipinski definition) is 4. The summed E-state index contributed by atoms with van der Waals surface area (Å²) < 4.78 is 6.06. The lowest BCUT2D eigenvalue weighted by molar-refractivity contribution is 0.415. The molecule has 1 heterocycles. The van der Waals surface area contributed by atoms with Crippen LogP contribution in [0.2, 0.25) is 5.15 Å². The highest BCUT2D eigenvalue weighted by Gasteiger charge is 2.05. The summed E-state index contributed by atoms with van der Waals surface area (Å²) in [5.74, 6) is 1.32. The number of ether oxygens (including phenoxy) is 1. The molecule has 0 fully saturated rings. The summed E-state index contributed by atoms with van der Waals surface area (Å²) in [7, 11) is 1.61. The number of anilines is 3. The van der Waals surface area contributed by atoms with Crippen LogP contribution < -0.4 is 15.8 Å². The molecule has 1 aromatic carbocycles. The summed E-state index contributed by atoms with van der Waals surface area (Å²) in [6.07, 6.45) is 0. The van der Waals surface area contributed by atoms with Gasteiger partial charge in [0, 0.05) is 22.3 Å². The van der Waals surface area contributed by atoms with Gasteiger partial charge < -0.3 is 15.8 Å². The highest BCUT2D eigenvalue weighted by atomic mass is 79.9. The highest BCUT2D eigenvalue weighted by Crippen LogP contribution is 2.30. The van der Waals surface area contributed by atoms with Crippen LogP contribution in [-0.4, -0.2) is 12.1 Å². The molecule has 0 aliphatic rings. The second-order valence-corrected chi connectivity index (χ2v) is 4.82. The number of nitrogens with zero attached hydrogens (tertiary/aromatic N) is 1. The number of aromatic nitrogens is 1. The average Bonchev–Trinajstić information content (AvgIpc) is 2.30. The number of methoxy groups -OCH3 is 1. The number of nitrogens with two attached hydrogens (primary N) is 1. The Labute approximate surface area is 118 Å². The van der Waals surface area contributed by atoms with E-state index in [0.29, 0.717) is 16.7 Å². The minimum atomic E-state index is 0.344. The summed E-state index contributed by atoms with van der Waals surface area (Å²) in [6.45, 7) is 0. The van der Waals surface area contributed by atoms with E-state index < -0.39 is 0 Å². The Morgan fingerprint density at radius 3 is 2.78 bits per heavy atom. The van der Waals surface area contributed by atoms with Crippen LogP contribution in [-0.2, 0) is 0 Å². The van der Waals surface area contributed by atoms with Gasteiger partial charge in [0.15, 0.2) is 0 Å². The standard InChI is InChI=1S/C12H11BrClN3O/c1-18-8-2-3-9(13)10(6-8)16-12-5-7(15)4-11(14)17-12/h2-6H,1H3,(H3,15,16,17). The lowest BCUT2D eigenvalue weighted by atomic mass is 10.3. The molecule has 0 atom stereocenters. The Morgan fingerprint density at radius 2 is 2.11 bits per heavy atom. The van der Waals surface area contributed by atoms with Gasteiger partial charge in [-0.2, -0.15) is 0 Å². The summed E-state index contributed by atoms with van der Waals surface area (Å²) in [4.78, 5) is 4.14. The van der Waals surface area contributed by atoms with Gasteiger partial charge in [-0.05, 0) is 34.1 Å². The molecule has 18 heavy (non-hydrogen) atoms. The topological polar surface area (TPSA) is 60.2 Å². The summed E-state index contributed by atoms with van der Waals surface area (Å²) in [6, 6.07) is 8.89. The molecular weight excluding hydrogens is 318 g/mol.